The molecular weight excluding hydrogens is 651 g/mol. The Kier molecular flexibility index (Phi) is 9.45. The number of hydrogen-bond donors (Lipinski definition) is 1. The highest BCUT2D eigenvalue weighted by atomic mass is 33.1. The van der Waals surface area contributed by atoms with Crippen molar-refractivity contribution in [2.24, 2.45) is 22.7 Å². The summed E-state index contributed by atoms with van der Waals surface area (Å²) < 4.78 is 51.8. The first-order valence-corrected chi connectivity index (χ1v) is 18.5. The fraction of sp³-hybridized carbons (Fsp3) is 0.647. The molecule has 6 rings (SSSR count). The molecule has 2 heterocycles. The van der Waals surface area contributed by atoms with Gasteiger partial charge in [0.1, 0.15) is 11.2 Å². The third-order valence-electron chi connectivity index (χ3n) is 11.3. The molecule has 1 aromatic heterocycles. The number of carbonyl (C=O) groups excluding carboxylic acids is 3. The molecular formula is C34H42F2N2O7S2. The lowest BCUT2D eigenvalue weighted by atomic mass is 9.44. The van der Waals surface area contributed by atoms with Crippen LogP contribution in [0.2, 0.25) is 0 Å². The fourth-order valence-corrected chi connectivity index (χ4v) is 10.9. The summed E-state index contributed by atoms with van der Waals surface area (Å²) in [6.07, 6.45) is 1.17. The van der Waals surface area contributed by atoms with E-state index in [0.29, 0.717) is 18.7 Å². The smallest absolute Gasteiger partial charge is 0.409 e. The van der Waals surface area contributed by atoms with Crippen LogP contribution in [0.1, 0.15) is 52.9 Å². The van der Waals surface area contributed by atoms with Gasteiger partial charge in [-0.2, -0.15) is 0 Å². The number of hydrogen-bond acceptors (Lipinski definition) is 10. The maximum Gasteiger partial charge on any atom is 0.409 e. The lowest BCUT2D eigenvalue weighted by Gasteiger charge is -2.63. The van der Waals surface area contributed by atoms with Crippen molar-refractivity contribution in [3.8, 4) is 0 Å². The van der Waals surface area contributed by atoms with E-state index in [1.54, 1.807) is 27.1 Å². The average Bonchev–Trinajstić information content (AvgIpc) is 3.53. The van der Waals surface area contributed by atoms with Gasteiger partial charge in [-0.3, -0.25) is 9.59 Å². The Balaban J connectivity index is 1.20. The van der Waals surface area contributed by atoms with E-state index in [9.17, 15) is 19.5 Å². The molecule has 0 spiro atoms. The third kappa shape index (κ3) is 5.39. The Labute approximate surface area is 281 Å². The predicted octanol–water partition coefficient (Wildman–Crippen LogP) is 5.67. The molecule has 3 saturated carbocycles. The van der Waals surface area contributed by atoms with Crippen LogP contribution in [-0.2, 0) is 23.8 Å². The van der Waals surface area contributed by atoms with Crippen LogP contribution >= 0.6 is 21.6 Å². The number of halogens is 2. The van der Waals surface area contributed by atoms with Gasteiger partial charge in [-0.25, -0.2) is 18.6 Å². The van der Waals surface area contributed by atoms with Crippen LogP contribution < -0.4 is 0 Å². The Morgan fingerprint density at radius 3 is 2.74 bits per heavy atom. The van der Waals surface area contributed by atoms with E-state index < -0.39 is 82.9 Å². The van der Waals surface area contributed by atoms with Crippen LogP contribution in [0.4, 0.5) is 13.6 Å². The van der Waals surface area contributed by atoms with Crippen LogP contribution in [0, 0.1) is 22.7 Å². The van der Waals surface area contributed by atoms with Gasteiger partial charge in [-0.15, -0.1) is 0 Å². The Morgan fingerprint density at radius 1 is 1.23 bits per heavy atom. The Bertz CT molecular complexity index is 1470. The van der Waals surface area contributed by atoms with Gasteiger partial charge in [0.15, 0.2) is 29.9 Å². The molecule has 1 aromatic rings. The van der Waals surface area contributed by atoms with Crippen molar-refractivity contribution in [1.82, 2.24) is 9.88 Å². The molecule has 47 heavy (non-hydrogen) atoms. The molecule has 4 fully saturated rings. The van der Waals surface area contributed by atoms with Gasteiger partial charge in [-0.1, -0.05) is 43.2 Å². The molecule has 2 unspecified atom stereocenters. The summed E-state index contributed by atoms with van der Waals surface area (Å²) in [5, 5.41) is 12.6. The average molecular weight is 693 g/mol. The topological polar surface area (TPSA) is 115 Å². The minimum atomic E-state index is -2.30. The zero-order valence-corrected chi connectivity index (χ0v) is 28.7. The number of Topliss-reactive ketones (excluding diaryl/α,β-unsaturated/α-hetero) is 1. The minimum absolute atomic E-state index is 0.0376. The zero-order valence-electron chi connectivity index (χ0n) is 27.0. The lowest BCUT2D eigenvalue weighted by Crippen LogP contribution is -2.71. The second-order valence-electron chi connectivity index (χ2n) is 13.8. The predicted molar refractivity (Wildman–Crippen MR) is 173 cm³/mol. The lowest BCUT2D eigenvalue weighted by molar-refractivity contribution is -0.234. The SMILES string of the molecule is CCCC1O[C@@H]2CC3[C@@H]4C[C@H](F)C5=CC(=O)C=C[C@]5(C)[C@@]4(F)[C@@H](O)C[C@]3(C)[C@]2(C(=O)COC(=O)N(C)CCSSc2ccccn2)O1. The van der Waals surface area contributed by atoms with Gasteiger partial charge in [0.25, 0.3) is 0 Å². The van der Waals surface area contributed by atoms with Crippen LogP contribution in [0.5, 0.6) is 0 Å². The van der Waals surface area contributed by atoms with E-state index in [1.807, 2.05) is 25.1 Å². The number of aliphatic hydroxyl groups is 1. The van der Waals surface area contributed by atoms with Crippen LogP contribution in [0.3, 0.4) is 0 Å². The number of carbonyl (C=O) groups is 3. The first-order valence-electron chi connectivity index (χ1n) is 16.2. The van der Waals surface area contributed by atoms with Crippen molar-refractivity contribution in [2.75, 3.05) is 26.0 Å². The minimum Gasteiger partial charge on any atom is -0.441 e. The van der Waals surface area contributed by atoms with Crippen molar-refractivity contribution in [3.63, 3.8) is 0 Å². The van der Waals surface area contributed by atoms with Crippen LogP contribution in [0.15, 0.2) is 53.2 Å². The zero-order chi connectivity index (χ0) is 33.8. The summed E-state index contributed by atoms with van der Waals surface area (Å²) in [4.78, 5) is 45.1. The van der Waals surface area contributed by atoms with Crippen molar-refractivity contribution in [2.45, 2.75) is 93.8 Å². The van der Waals surface area contributed by atoms with Crippen molar-refractivity contribution >= 4 is 39.2 Å². The maximum atomic E-state index is 17.6. The van der Waals surface area contributed by atoms with Gasteiger partial charge in [-0.05, 0) is 79.2 Å². The number of fused-ring (bicyclic) bond motifs is 7. The van der Waals surface area contributed by atoms with E-state index in [-0.39, 0.29) is 24.8 Å². The molecule has 0 aromatic carbocycles. The van der Waals surface area contributed by atoms with E-state index in [4.69, 9.17) is 14.2 Å². The number of aromatic nitrogens is 1. The molecule has 256 valence electrons. The first kappa shape index (κ1) is 34.5. The van der Waals surface area contributed by atoms with E-state index in [2.05, 4.69) is 4.98 Å². The summed E-state index contributed by atoms with van der Waals surface area (Å²) >= 11 is 0. The number of nitrogens with zero attached hydrogens (tertiary/aromatic N) is 2. The largest absolute Gasteiger partial charge is 0.441 e. The number of ether oxygens (including phenoxy) is 3. The molecule has 5 aliphatic rings. The van der Waals surface area contributed by atoms with Crippen molar-refractivity contribution < 1.29 is 42.5 Å². The molecule has 9 nitrogen and oxygen atoms in total. The van der Waals surface area contributed by atoms with Crippen LogP contribution in [-0.4, -0.2) is 94.5 Å². The normalized spacial score (nSPS) is 40.1. The molecule has 0 radical (unpaired) electrons. The van der Waals surface area contributed by atoms with Crippen molar-refractivity contribution in [1.29, 1.82) is 0 Å². The second-order valence-corrected chi connectivity index (χ2v) is 16.2. The molecule has 1 saturated heterocycles. The molecule has 10 atom stereocenters. The van der Waals surface area contributed by atoms with Gasteiger partial charge in [0.05, 0.1) is 12.2 Å². The first-order chi connectivity index (χ1) is 22.3. The molecule has 0 bridgehead atoms. The number of allylic oxidation sites excluding steroid dienone is 4. The third-order valence-corrected chi connectivity index (χ3v) is 13.5. The van der Waals surface area contributed by atoms with E-state index in [0.717, 1.165) is 17.5 Å². The van der Waals surface area contributed by atoms with Crippen LogP contribution in [0.25, 0.3) is 0 Å². The highest BCUT2D eigenvalue weighted by Gasteiger charge is 2.80. The number of pyridine rings is 1. The van der Waals surface area contributed by atoms with Gasteiger partial charge in [0, 0.05) is 42.3 Å². The summed E-state index contributed by atoms with van der Waals surface area (Å²) in [5.74, 6) is -1.92. The summed E-state index contributed by atoms with van der Waals surface area (Å²) in [5.41, 5.74) is -6.58. The summed E-state index contributed by atoms with van der Waals surface area (Å²) in [6.45, 7) is 5.07. The quantitative estimate of drug-likeness (QED) is 0.243. The van der Waals surface area contributed by atoms with E-state index >= 15 is 8.78 Å². The summed E-state index contributed by atoms with van der Waals surface area (Å²) in [7, 11) is 4.62. The Hall–Kier alpha value is -2.32. The number of rotatable bonds is 10. The fourth-order valence-electron chi connectivity index (χ4n) is 8.99. The second kappa shape index (κ2) is 12.9. The van der Waals surface area contributed by atoms with Crippen molar-refractivity contribution in [3.05, 3.63) is 48.2 Å². The molecule has 13 heteroatoms. The molecule has 1 aliphatic heterocycles. The molecule has 1 N–H and O–H groups in total. The van der Waals surface area contributed by atoms with Gasteiger partial charge in [0.2, 0.25) is 5.78 Å². The Morgan fingerprint density at radius 2 is 2.02 bits per heavy atom. The maximum absolute atomic E-state index is 17.6. The van der Waals surface area contributed by atoms with Gasteiger partial charge < -0.3 is 24.2 Å². The van der Waals surface area contributed by atoms with Gasteiger partial charge >= 0.3 is 6.09 Å². The monoisotopic (exact) mass is 692 g/mol. The number of amides is 1. The number of ketones is 2. The summed E-state index contributed by atoms with van der Waals surface area (Å²) in [6, 6.07) is 5.64. The van der Waals surface area contributed by atoms with E-state index in [1.165, 1.54) is 38.6 Å². The molecule has 1 amide bonds. The number of alkyl halides is 2. The standard InChI is InChI=1S/C34H42F2N2O7S2/c1-5-8-29-44-27-17-21-22-16-24(35)23-15-20(39)10-11-31(23,2)33(22,36)25(40)18-32(21,3)34(27,45-29)26(41)19-43-30(42)38(4)13-14-46-47-28-9-6-7-12-37-28/h6-7,9-12,15,21-22,24-25,27,29,40H,5,8,13-14,16-19H2,1-4H3/t21?,22-,24-,25-,27+,29?,31-,32-,33-,34+/m0/s1. The highest BCUT2D eigenvalue weighted by Crippen LogP contribution is 2.72. The highest BCUT2D eigenvalue weighted by molar-refractivity contribution is 8.76. The molecule has 4 aliphatic carbocycles. The number of aliphatic hydroxyl groups excluding tert-OH is 1.